The fourth-order valence-corrected chi connectivity index (χ4v) is 1.78. The van der Waals surface area contributed by atoms with Crippen molar-refractivity contribution in [2.45, 2.75) is 45.4 Å². The smallest absolute Gasteiger partial charge is 0.287 e. The van der Waals surface area contributed by atoms with Gasteiger partial charge in [0, 0.05) is 6.54 Å². The van der Waals surface area contributed by atoms with E-state index in [1.54, 1.807) is 12.1 Å². The molecule has 1 aromatic rings. The van der Waals surface area contributed by atoms with Crippen molar-refractivity contribution in [2.75, 3.05) is 6.54 Å². The van der Waals surface area contributed by atoms with Gasteiger partial charge in [-0.2, -0.15) is 0 Å². The summed E-state index contributed by atoms with van der Waals surface area (Å²) in [7, 11) is 0. The molecule has 0 aliphatic rings. The highest BCUT2D eigenvalue weighted by Crippen LogP contribution is 2.12. The van der Waals surface area contributed by atoms with Gasteiger partial charge >= 0.3 is 0 Å². The van der Waals surface area contributed by atoms with Crippen LogP contribution in [0.1, 0.15) is 56.0 Å². The van der Waals surface area contributed by atoms with Crippen molar-refractivity contribution >= 4 is 17.5 Å². The van der Waals surface area contributed by atoms with E-state index >= 15 is 0 Å². The van der Waals surface area contributed by atoms with Crippen molar-refractivity contribution in [3.05, 3.63) is 23.1 Å². The first-order chi connectivity index (χ1) is 8.24. The third-order valence-electron chi connectivity index (χ3n) is 2.61. The van der Waals surface area contributed by atoms with Gasteiger partial charge in [-0.15, -0.1) is 0 Å². The van der Waals surface area contributed by atoms with Crippen LogP contribution in [0.15, 0.2) is 16.5 Å². The maximum atomic E-state index is 11.5. The predicted octanol–water partition coefficient (Wildman–Crippen LogP) is 4.02. The lowest BCUT2D eigenvalue weighted by molar-refractivity contribution is 0.0925. The number of amides is 1. The maximum Gasteiger partial charge on any atom is 0.287 e. The van der Waals surface area contributed by atoms with E-state index in [1.165, 1.54) is 32.1 Å². The molecule has 0 spiro atoms. The van der Waals surface area contributed by atoms with Crippen LogP contribution in [0.4, 0.5) is 0 Å². The minimum atomic E-state index is -0.189. The first-order valence-corrected chi connectivity index (χ1v) is 6.65. The number of furan rings is 1. The molecule has 0 bridgehead atoms. The van der Waals surface area contributed by atoms with Gasteiger partial charge in [0.05, 0.1) is 0 Å². The largest absolute Gasteiger partial charge is 0.440 e. The average Bonchev–Trinajstić information content (AvgIpc) is 2.74. The van der Waals surface area contributed by atoms with Crippen LogP contribution in [0.2, 0.25) is 5.22 Å². The predicted molar refractivity (Wildman–Crippen MR) is 69.4 cm³/mol. The van der Waals surface area contributed by atoms with Crippen LogP contribution in [0.25, 0.3) is 0 Å². The van der Waals surface area contributed by atoms with E-state index in [-0.39, 0.29) is 16.9 Å². The van der Waals surface area contributed by atoms with E-state index in [1.807, 2.05) is 0 Å². The second-order valence-corrected chi connectivity index (χ2v) is 4.50. The quantitative estimate of drug-likeness (QED) is 0.715. The molecule has 1 N–H and O–H groups in total. The zero-order valence-corrected chi connectivity index (χ0v) is 11.1. The van der Waals surface area contributed by atoms with E-state index in [4.69, 9.17) is 16.0 Å². The molecule has 4 heteroatoms. The van der Waals surface area contributed by atoms with Crippen LogP contribution >= 0.6 is 11.6 Å². The molecular formula is C13H20ClNO2. The van der Waals surface area contributed by atoms with Crippen molar-refractivity contribution in [2.24, 2.45) is 0 Å². The Bertz CT molecular complexity index is 336. The van der Waals surface area contributed by atoms with Crippen LogP contribution in [-0.4, -0.2) is 12.5 Å². The normalized spacial score (nSPS) is 10.5. The fourth-order valence-electron chi connectivity index (χ4n) is 1.63. The summed E-state index contributed by atoms with van der Waals surface area (Å²) >= 11 is 5.59. The molecule has 0 unspecified atom stereocenters. The number of unbranched alkanes of at least 4 members (excludes halogenated alkanes) is 5. The van der Waals surface area contributed by atoms with Crippen molar-refractivity contribution in [3.63, 3.8) is 0 Å². The lowest BCUT2D eigenvalue weighted by Crippen LogP contribution is -2.23. The summed E-state index contributed by atoms with van der Waals surface area (Å²) in [5, 5.41) is 3.06. The summed E-state index contributed by atoms with van der Waals surface area (Å²) in [5.74, 6) is 0.0893. The number of nitrogens with one attached hydrogen (secondary N) is 1. The van der Waals surface area contributed by atoms with E-state index in [0.717, 1.165) is 6.42 Å². The van der Waals surface area contributed by atoms with Crippen LogP contribution in [-0.2, 0) is 0 Å². The highest BCUT2D eigenvalue weighted by Gasteiger charge is 2.08. The highest BCUT2D eigenvalue weighted by atomic mass is 35.5. The Labute approximate surface area is 108 Å². The van der Waals surface area contributed by atoms with Gasteiger partial charge in [-0.3, -0.25) is 4.79 Å². The van der Waals surface area contributed by atoms with Gasteiger partial charge in [0.1, 0.15) is 0 Å². The SMILES string of the molecule is CCCCCCCCNC(=O)c1ccc(Cl)o1. The van der Waals surface area contributed by atoms with Gasteiger partial charge in [-0.05, 0) is 30.2 Å². The number of carbonyl (C=O) groups is 1. The molecule has 1 heterocycles. The van der Waals surface area contributed by atoms with Crippen molar-refractivity contribution in [1.82, 2.24) is 5.32 Å². The standard InChI is InChI=1S/C13H20ClNO2/c1-2-3-4-5-6-7-10-15-13(16)11-8-9-12(14)17-11/h8-9H,2-7,10H2,1H3,(H,15,16). The Morgan fingerprint density at radius 2 is 1.94 bits per heavy atom. The Morgan fingerprint density at radius 3 is 2.59 bits per heavy atom. The number of hydrogen-bond donors (Lipinski definition) is 1. The molecule has 17 heavy (non-hydrogen) atoms. The molecule has 1 amide bonds. The van der Waals surface area contributed by atoms with Crippen molar-refractivity contribution in [1.29, 1.82) is 0 Å². The van der Waals surface area contributed by atoms with Gasteiger partial charge in [-0.1, -0.05) is 39.0 Å². The topological polar surface area (TPSA) is 42.2 Å². The third-order valence-corrected chi connectivity index (χ3v) is 2.82. The van der Waals surface area contributed by atoms with Gasteiger partial charge < -0.3 is 9.73 Å². The summed E-state index contributed by atoms with van der Waals surface area (Å²) in [5.41, 5.74) is 0. The minimum absolute atomic E-state index is 0.189. The molecule has 1 rings (SSSR count). The Balaban J connectivity index is 2.05. The number of rotatable bonds is 8. The third kappa shape index (κ3) is 5.78. The summed E-state index contributed by atoms with van der Waals surface area (Å²) in [6.07, 6.45) is 7.28. The van der Waals surface area contributed by atoms with Crippen LogP contribution < -0.4 is 5.32 Å². The molecule has 0 saturated heterocycles. The Kier molecular flexibility index (Phi) is 6.78. The molecular weight excluding hydrogens is 238 g/mol. The Hall–Kier alpha value is -0.960. The Morgan fingerprint density at radius 1 is 1.24 bits per heavy atom. The maximum absolute atomic E-state index is 11.5. The second kappa shape index (κ2) is 8.18. The zero-order chi connectivity index (χ0) is 12.5. The summed E-state index contributed by atoms with van der Waals surface area (Å²) < 4.78 is 5.01. The van der Waals surface area contributed by atoms with Gasteiger partial charge in [0.25, 0.3) is 5.91 Å². The molecule has 3 nitrogen and oxygen atoms in total. The minimum Gasteiger partial charge on any atom is -0.440 e. The average molecular weight is 258 g/mol. The van der Waals surface area contributed by atoms with Crippen molar-refractivity contribution < 1.29 is 9.21 Å². The number of halogens is 1. The molecule has 0 aromatic carbocycles. The lowest BCUT2D eigenvalue weighted by atomic mass is 10.1. The van der Waals surface area contributed by atoms with Crippen LogP contribution in [0.3, 0.4) is 0 Å². The van der Waals surface area contributed by atoms with E-state index < -0.39 is 0 Å². The first-order valence-electron chi connectivity index (χ1n) is 6.27. The monoisotopic (exact) mass is 257 g/mol. The molecule has 0 aliphatic heterocycles. The molecule has 0 radical (unpaired) electrons. The van der Waals surface area contributed by atoms with Gasteiger partial charge in [0.15, 0.2) is 11.0 Å². The molecule has 0 fully saturated rings. The number of hydrogen-bond acceptors (Lipinski definition) is 2. The molecule has 0 saturated carbocycles. The van der Waals surface area contributed by atoms with E-state index in [9.17, 15) is 4.79 Å². The molecule has 0 aliphatic carbocycles. The highest BCUT2D eigenvalue weighted by molar-refractivity contribution is 6.29. The molecule has 0 atom stereocenters. The summed E-state index contributed by atoms with van der Waals surface area (Å²) in [6.45, 7) is 2.90. The van der Waals surface area contributed by atoms with Crippen LogP contribution in [0, 0.1) is 0 Å². The van der Waals surface area contributed by atoms with E-state index in [0.29, 0.717) is 6.54 Å². The van der Waals surface area contributed by atoms with Gasteiger partial charge in [0.2, 0.25) is 0 Å². The zero-order valence-electron chi connectivity index (χ0n) is 10.3. The number of carbonyl (C=O) groups excluding carboxylic acids is 1. The van der Waals surface area contributed by atoms with Gasteiger partial charge in [-0.25, -0.2) is 0 Å². The summed E-state index contributed by atoms with van der Waals surface area (Å²) in [6, 6.07) is 3.15. The summed E-state index contributed by atoms with van der Waals surface area (Å²) in [4.78, 5) is 11.5. The fraction of sp³-hybridized carbons (Fsp3) is 0.615. The molecule has 1 aromatic heterocycles. The van der Waals surface area contributed by atoms with E-state index in [2.05, 4.69) is 12.2 Å². The van der Waals surface area contributed by atoms with Crippen molar-refractivity contribution in [3.8, 4) is 0 Å². The van der Waals surface area contributed by atoms with Crippen LogP contribution in [0.5, 0.6) is 0 Å². The first kappa shape index (κ1) is 14.1. The lowest BCUT2D eigenvalue weighted by Gasteiger charge is -2.03. The second-order valence-electron chi connectivity index (χ2n) is 4.13. The molecule has 96 valence electrons.